The second-order valence-corrected chi connectivity index (χ2v) is 11.2. The van der Waals surface area contributed by atoms with Crippen molar-refractivity contribution in [2.75, 3.05) is 26.2 Å². The highest BCUT2D eigenvalue weighted by molar-refractivity contribution is 6.31. The number of carboxylic acid groups (broad SMARTS) is 1. The number of amides is 2. The van der Waals surface area contributed by atoms with Crippen LogP contribution < -0.4 is 5.73 Å². The number of carbonyl (C=O) groups excluding carboxylic acids is 2. The number of nitrogens with zero attached hydrogens (tertiary/aromatic N) is 2. The summed E-state index contributed by atoms with van der Waals surface area (Å²) in [4.78, 5) is 43.8. The minimum Gasteiger partial charge on any atom is -0.478 e. The molecule has 1 aliphatic carbocycles. The fourth-order valence-corrected chi connectivity index (χ4v) is 6.86. The first-order valence-electron chi connectivity index (χ1n) is 13.8. The Bertz CT molecular complexity index is 1340. The molecule has 5 rings (SSSR count). The molecule has 7 nitrogen and oxygen atoms in total. The largest absolute Gasteiger partial charge is 0.478 e. The monoisotopic (exact) mass is 595 g/mol. The highest BCUT2D eigenvalue weighted by Gasteiger charge is 2.54. The van der Waals surface area contributed by atoms with Gasteiger partial charge in [-0.15, -0.1) is 12.4 Å². The molecule has 0 bridgehead atoms. The maximum absolute atomic E-state index is 14.5. The van der Waals surface area contributed by atoms with Gasteiger partial charge in [0.15, 0.2) is 0 Å². The van der Waals surface area contributed by atoms with E-state index in [0.717, 1.165) is 6.42 Å². The summed E-state index contributed by atoms with van der Waals surface area (Å²) >= 11 is 6.16. The summed E-state index contributed by atoms with van der Waals surface area (Å²) < 4.78 is 0. The smallest absolute Gasteiger partial charge is 0.336 e. The third-order valence-corrected chi connectivity index (χ3v) is 8.76. The second-order valence-electron chi connectivity index (χ2n) is 10.7. The minimum atomic E-state index is -1.34. The Balaban J connectivity index is 0.00000387. The Morgan fingerprint density at radius 3 is 2.00 bits per heavy atom. The molecule has 1 aliphatic heterocycles. The van der Waals surface area contributed by atoms with E-state index in [-0.39, 0.29) is 34.9 Å². The molecule has 1 heterocycles. The van der Waals surface area contributed by atoms with Crippen LogP contribution in [0.2, 0.25) is 5.02 Å². The third kappa shape index (κ3) is 5.98. The molecule has 0 aromatic heterocycles. The average molecular weight is 597 g/mol. The fraction of sp³-hybridized carbons (Fsp3) is 0.344. The average Bonchev–Trinajstić information content (AvgIpc) is 2.98. The number of hydrogen-bond donors (Lipinski definition) is 2. The van der Waals surface area contributed by atoms with E-state index in [4.69, 9.17) is 17.3 Å². The van der Waals surface area contributed by atoms with Crippen molar-refractivity contribution in [3.63, 3.8) is 0 Å². The van der Waals surface area contributed by atoms with E-state index >= 15 is 0 Å². The fourth-order valence-electron chi connectivity index (χ4n) is 6.68. The predicted molar refractivity (Wildman–Crippen MR) is 161 cm³/mol. The summed E-state index contributed by atoms with van der Waals surface area (Å²) in [7, 11) is 0. The van der Waals surface area contributed by atoms with Crippen molar-refractivity contribution in [1.82, 2.24) is 9.80 Å². The molecular weight excluding hydrogens is 561 g/mol. The predicted octanol–water partition coefficient (Wildman–Crippen LogP) is 5.31. The molecule has 41 heavy (non-hydrogen) atoms. The zero-order chi connectivity index (χ0) is 28.3. The molecule has 0 unspecified atom stereocenters. The summed E-state index contributed by atoms with van der Waals surface area (Å²) in [5.74, 6) is -2.79. The number of primary amides is 1. The van der Waals surface area contributed by atoms with Gasteiger partial charge >= 0.3 is 5.97 Å². The molecular formula is C32H35Cl2N3O4. The first-order chi connectivity index (χ1) is 19.3. The first-order valence-corrected chi connectivity index (χ1v) is 14.2. The van der Waals surface area contributed by atoms with Gasteiger partial charge in [-0.2, -0.15) is 0 Å². The van der Waals surface area contributed by atoms with Gasteiger partial charge in [0, 0.05) is 31.2 Å². The summed E-state index contributed by atoms with van der Waals surface area (Å²) in [5.41, 5.74) is 7.19. The van der Waals surface area contributed by atoms with E-state index in [9.17, 15) is 19.5 Å². The van der Waals surface area contributed by atoms with Crippen molar-refractivity contribution >= 4 is 41.8 Å². The standard InChI is InChI=1S/C32H34ClN3O4.ClH/c33-24-14-15-26(25(21-24)30(38)39)32(16-8-7-13-27(32)29(34)37)31(40)36-19-17-35(18-20-36)28(22-9-3-1-4-10-22)23-11-5-2-6-12-23;/h1-6,9-12,14-15,21,27-28H,7-8,13,16-20H2,(H2,34,37)(H,38,39);1H/t27-,32+;/m1./s1. The molecule has 0 spiro atoms. The van der Waals surface area contributed by atoms with Crippen LogP contribution in [0.15, 0.2) is 78.9 Å². The number of piperazine rings is 1. The van der Waals surface area contributed by atoms with E-state index < -0.39 is 23.2 Å². The lowest BCUT2D eigenvalue weighted by Gasteiger charge is -2.47. The summed E-state index contributed by atoms with van der Waals surface area (Å²) in [6, 6.07) is 25.2. The number of carbonyl (C=O) groups is 3. The molecule has 2 atom stereocenters. The van der Waals surface area contributed by atoms with E-state index in [1.807, 2.05) is 36.4 Å². The van der Waals surface area contributed by atoms with Crippen molar-refractivity contribution in [1.29, 1.82) is 0 Å². The zero-order valence-corrected chi connectivity index (χ0v) is 24.3. The van der Waals surface area contributed by atoms with Crippen molar-refractivity contribution in [2.45, 2.75) is 37.1 Å². The highest BCUT2D eigenvalue weighted by atomic mass is 35.5. The molecule has 3 aromatic carbocycles. The number of benzene rings is 3. The molecule has 9 heteroatoms. The lowest BCUT2D eigenvalue weighted by Crippen LogP contribution is -2.60. The van der Waals surface area contributed by atoms with Crippen molar-refractivity contribution < 1.29 is 19.5 Å². The topological polar surface area (TPSA) is 104 Å². The molecule has 2 aliphatic rings. The van der Waals surface area contributed by atoms with Crippen LogP contribution in [-0.4, -0.2) is 58.9 Å². The SMILES string of the molecule is Cl.NC(=O)[C@H]1CCCC[C@]1(C(=O)N1CCN(C(c2ccccc2)c2ccccc2)CC1)c1ccc(Cl)cc1C(=O)O. The summed E-state index contributed by atoms with van der Waals surface area (Å²) in [6.07, 6.45) is 2.24. The molecule has 2 amide bonds. The maximum atomic E-state index is 14.5. The van der Waals surface area contributed by atoms with Crippen molar-refractivity contribution in [3.05, 3.63) is 106 Å². The number of hydrogen-bond acceptors (Lipinski definition) is 4. The van der Waals surface area contributed by atoms with Crippen LogP contribution in [0, 0.1) is 5.92 Å². The second kappa shape index (κ2) is 13.1. The van der Waals surface area contributed by atoms with Crippen molar-refractivity contribution in [3.8, 4) is 0 Å². The van der Waals surface area contributed by atoms with Gasteiger partial charge in [0.25, 0.3) is 0 Å². The molecule has 2 fully saturated rings. The first kappa shape index (κ1) is 30.6. The number of nitrogens with two attached hydrogens (primary N) is 1. The van der Waals surface area contributed by atoms with E-state index in [0.29, 0.717) is 51.0 Å². The maximum Gasteiger partial charge on any atom is 0.336 e. The van der Waals surface area contributed by atoms with Gasteiger partial charge in [-0.1, -0.05) is 91.2 Å². The lowest BCUT2D eigenvalue weighted by molar-refractivity contribution is -0.147. The van der Waals surface area contributed by atoms with E-state index in [1.54, 1.807) is 17.0 Å². The van der Waals surface area contributed by atoms with Gasteiger partial charge in [0.2, 0.25) is 11.8 Å². The van der Waals surface area contributed by atoms with Crippen LogP contribution in [0.5, 0.6) is 0 Å². The molecule has 3 aromatic rings. The molecule has 1 saturated heterocycles. The number of aromatic carboxylic acids is 1. The number of halogens is 2. The van der Waals surface area contributed by atoms with Gasteiger partial charge in [-0.25, -0.2) is 4.79 Å². The van der Waals surface area contributed by atoms with Crippen LogP contribution in [0.25, 0.3) is 0 Å². The van der Waals surface area contributed by atoms with E-state index in [1.165, 1.54) is 17.2 Å². The Morgan fingerprint density at radius 2 is 1.46 bits per heavy atom. The van der Waals surface area contributed by atoms with Crippen LogP contribution in [-0.2, 0) is 15.0 Å². The Morgan fingerprint density at radius 1 is 0.878 bits per heavy atom. The van der Waals surface area contributed by atoms with Gasteiger partial charge < -0.3 is 15.7 Å². The lowest BCUT2D eigenvalue weighted by atomic mass is 9.60. The van der Waals surface area contributed by atoms with E-state index in [2.05, 4.69) is 29.2 Å². The minimum absolute atomic E-state index is 0. The van der Waals surface area contributed by atoms with Crippen LogP contribution in [0.1, 0.15) is 58.8 Å². The van der Waals surface area contributed by atoms with Gasteiger partial charge in [0.05, 0.1) is 22.9 Å². The highest BCUT2D eigenvalue weighted by Crippen LogP contribution is 2.47. The molecule has 0 radical (unpaired) electrons. The van der Waals surface area contributed by atoms with Gasteiger partial charge in [-0.05, 0) is 41.7 Å². The third-order valence-electron chi connectivity index (χ3n) is 8.52. The zero-order valence-electron chi connectivity index (χ0n) is 22.7. The van der Waals surface area contributed by atoms with Crippen LogP contribution >= 0.6 is 24.0 Å². The Kier molecular flexibility index (Phi) is 9.74. The molecule has 3 N–H and O–H groups in total. The van der Waals surface area contributed by atoms with Gasteiger partial charge in [0.1, 0.15) is 0 Å². The summed E-state index contributed by atoms with van der Waals surface area (Å²) in [5, 5.41) is 10.3. The number of carboxylic acids is 1. The number of rotatable bonds is 7. The Hall–Kier alpha value is -3.39. The Labute approximate surface area is 251 Å². The van der Waals surface area contributed by atoms with Crippen molar-refractivity contribution in [2.24, 2.45) is 11.7 Å². The van der Waals surface area contributed by atoms with Crippen LogP contribution in [0.4, 0.5) is 0 Å². The molecule has 216 valence electrons. The molecule has 1 saturated carbocycles. The quantitative estimate of drug-likeness (QED) is 0.385. The normalized spacial score (nSPS) is 21.2. The summed E-state index contributed by atoms with van der Waals surface area (Å²) in [6.45, 7) is 2.17. The van der Waals surface area contributed by atoms with Crippen LogP contribution in [0.3, 0.4) is 0 Å². The van der Waals surface area contributed by atoms with Gasteiger partial charge in [-0.3, -0.25) is 14.5 Å².